The Labute approximate surface area is 188 Å². The number of phenols is 4. The van der Waals surface area contributed by atoms with E-state index >= 15 is 0 Å². The number of benzene rings is 3. The molecule has 0 aliphatic rings. The molecule has 0 saturated carbocycles. The Morgan fingerprint density at radius 1 is 0.758 bits per heavy atom. The van der Waals surface area contributed by atoms with E-state index in [9.17, 15) is 35.1 Å². The van der Waals surface area contributed by atoms with E-state index in [0.717, 1.165) is 6.08 Å². The van der Waals surface area contributed by atoms with E-state index in [2.05, 4.69) is 0 Å². The Morgan fingerprint density at radius 3 is 1.91 bits per heavy atom. The average molecular weight is 448 g/mol. The zero-order chi connectivity index (χ0) is 24.0. The van der Waals surface area contributed by atoms with Crippen molar-refractivity contribution in [3.63, 3.8) is 0 Å². The van der Waals surface area contributed by atoms with Crippen molar-refractivity contribution >= 4 is 24.1 Å². The van der Waals surface area contributed by atoms with E-state index in [0.29, 0.717) is 16.7 Å². The van der Waals surface area contributed by atoms with Crippen LogP contribution in [0.5, 0.6) is 28.7 Å². The molecule has 0 bridgehead atoms. The largest absolute Gasteiger partial charge is 0.504 e. The molecule has 8 nitrogen and oxygen atoms in total. The second kappa shape index (κ2) is 10.1. The van der Waals surface area contributed by atoms with Gasteiger partial charge in [-0.1, -0.05) is 24.3 Å². The summed E-state index contributed by atoms with van der Waals surface area (Å²) in [5.41, 5.74) is 1.63. The van der Waals surface area contributed by atoms with Crippen molar-refractivity contribution < 1.29 is 39.9 Å². The molecular weight excluding hydrogens is 428 g/mol. The maximum Gasteiger partial charge on any atom is 0.336 e. The molecule has 0 saturated heterocycles. The Bertz CT molecular complexity index is 1240. The number of aromatic hydroxyl groups is 4. The van der Waals surface area contributed by atoms with Crippen LogP contribution >= 0.6 is 0 Å². The minimum absolute atomic E-state index is 0.0601. The van der Waals surface area contributed by atoms with E-state index in [1.165, 1.54) is 60.7 Å². The molecule has 168 valence electrons. The summed E-state index contributed by atoms with van der Waals surface area (Å²) in [5.74, 6) is -2.76. The Kier molecular flexibility index (Phi) is 7.00. The summed E-state index contributed by atoms with van der Waals surface area (Å²) in [4.78, 5) is 23.6. The summed E-state index contributed by atoms with van der Waals surface area (Å²) in [5, 5.41) is 47.2. The standard InChI is InChI=1S/C25H20O8/c26-20-8-3-16(13-22(20)28)5-10-24(30)33-19-6-1-15(2-7-19)11-18(25(31)32)12-17-4-9-21(27)23(29)14-17/h1-10,12-14,26-29H,11H2,(H,31,32)/b10-5+,18-12+. The first-order valence-electron chi connectivity index (χ1n) is 9.68. The van der Waals surface area contributed by atoms with Gasteiger partial charge in [0.25, 0.3) is 0 Å². The molecule has 33 heavy (non-hydrogen) atoms. The average Bonchev–Trinajstić information content (AvgIpc) is 2.78. The predicted octanol–water partition coefficient (Wildman–Crippen LogP) is 3.84. The summed E-state index contributed by atoms with van der Waals surface area (Å²) in [6.07, 6.45) is 4.05. The minimum Gasteiger partial charge on any atom is -0.504 e. The molecular formula is C25H20O8. The van der Waals surface area contributed by atoms with Gasteiger partial charge in [0.15, 0.2) is 23.0 Å². The molecule has 8 heteroatoms. The highest BCUT2D eigenvalue weighted by Crippen LogP contribution is 2.27. The maximum atomic E-state index is 12.0. The second-order valence-electron chi connectivity index (χ2n) is 7.05. The van der Waals surface area contributed by atoms with Gasteiger partial charge in [-0.25, -0.2) is 9.59 Å². The fourth-order valence-corrected chi connectivity index (χ4v) is 2.87. The van der Waals surface area contributed by atoms with Crippen LogP contribution in [0.4, 0.5) is 0 Å². The summed E-state index contributed by atoms with van der Waals surface area (Å²) in [7, 11) is 0. The van der Waals surface area contributed by atoms with E-state index < -0.39 is 11.9 Å². The lowest BCUT2D eigenvalue weighted by Gasteiger charge is -2.06. The molecule has 5 N–H and O–H groups in total. The van der Waals surface area contributed by atoms with Crippen molar-refractivity contribution in [3.8, 4) is 28.7 Å². The van der Waals surface area contributed by atoms with Crippen molar-refractivity contribution in [1.82, 2.24) is 0 Å². The number of carboxylic acid groups (broad SMARTS) is 1. The van der Waals surface area contributed by atoms with Crippen LogP contribution in [-0.2, 0) is 16.0 Å². The van der Waals surface area contributed by atoms with Crippen LogP contribution in [0.3, 0.4) is 0 Å². The molecule has 0 aliphatic heterocycles. The molecule has 3 aromatic carbocycles. The molecule has 0 heterocycles. The number of carbonyl (C=O) groups is 2. The number of esters is 1. The van der Waals surface area contributed by atoms with Gasteiger partial charge in [-0.3, -0.25) is 0 Å². The fraction of sp³-hybridized carbons (Fsp3) is 0.0400. The van der Waals surface area contributed by atoms with Crippen LogP contribution in [0.2, 0.25) is 0 Å². The molecule has 0 fully saturated rings. The highest BCUT2D eigenvalue weighted by Gasteiger charge is 2.10. The second-order valence-corrected chi connectivity index (χ2v) is 7.05. The highest BCUT2D eigenvalue weighted by molar-refractivity contribution is 5.93. The van der Waals surface area contributed by atoms with Crippen molar-refractivity contribution in [3.05, 3.63) is 89.0 Å². The summed E-state index contributed by atoms with van der Waals surface area (Å²) >= 11 is 0. The first-order valence-corrected chi connectivity index (χ1v) is 9.68. The molecule has 0 atom stereocenters. The Hall–Kier alpha value is -4.72. The van der Waals surface area contributed by atoms with Gasteiger partial charge in [-0.05, 0) is 65.2 Å². The number of phenolic OH excluding ortho intramolecular Hbond substituents is 4. The lowest BCUT2D eigenvalue weighted by Crippen LogP contribution is -2.05. The van der Waals surface area contributed by atoms with Crippen LogP contribution < -0.4 is 4.74 Å². The van der Waals surface area contributed by atoms with Crippen molar-refractivity contribution in [2.75, 3.05) is 0 Å². The van der Waals surface area contributed by atoms with Crippen molar-refractivity contribution in [2.45, 2.75) is 6.42 Å². The molecule has 0 amide bonds. The highest BCUT2D eigenvalue weighted by atomic mass is 16.5. The molecule has 3 aromatic rings. The first-order chi connectivity index (χ1) is 15.7. The fourth-order valence-electron chi connectivity index (χ4n) is 2.87. The number of ether oxygens (including phenoxy) is 1. The van der Waals surface area contributed by atoms with Gasteiger partial charge in [0.1, 0.15) is 5.75 Å². The Morgan fingerprint density at radius 2 is 1.33 bits per heavy atom. The van der Waals surface area contributed by atoms with Crippen LogP contribution in [0.25, 0.3) is 12.2 Å². The lowest BCUT2D eigenvalue weighted by atomic mass is 10.0. The van der Waals surface area contributed by atoms with E-state index in [1.807, 2.05) is 0 Å². The summed E-state index contributed by atoms with van der Waals surface area (Å²) in [6.45, 7) is 0. The zero-order valence-electron chi connectivity index (χ0n) is 17.2. The van der Waals surface area contributed by atoms with Crippen LogP contribution in [-0.4, -0.2) is 37.5 Å². The van der Waals surface area contributed by atoms with Gasteiger partial charge in [0.05, 0.1) is 0 Å². The van der Waals surface area contributed by atoms with Gasteiger partial charge in [-0.2, -0.15) is 0 Å². The molecule has 0 radical (unpaired) electrons. The molecule has 0 unspecified atom stereocenters. The third-order valence-corrected chi connectivity index (χ3v) is 4.56. The van der Waals surface area contributed by atoms with Crippen molar-refractivity contribution in [1.29, 1.82) is 0 Å². The minimum atomic E-state index is -1.14. The summed E-state index contributed by atoms with van der Waals surface area (Å²) < 4.78 is 5.20. The quantitative estimate of drug-likeness (QED) is 0.159. The Balaban J connectivity index is 1.65. The monoisotopic (exact) mass is 448 g/mol. The van der Waals surface area contributed by atoms with Crippen LogP contribution in [0, 0.1) is 0 Å². The molecule has 3 rings (SSSR count). The SMILES string of the molecule is O=C(/C=C/c1ccc(O)c(O)c1)Oc1ccc(C/C(=C\c2ccc(O)c(O)c2)C(=O)O)cc1. The van der Waals surface area contributed by atoms with Gasteiger partial charge < -0.3 is 30.3 Å². The maximum absolute atomic E-state index is 12.0. The third-order valence-electron chi connectivity index (χ3n) is 4.56. The van der Waals surface area contributed by atoms with Crippen LogP contribution in [0.1, 0.15) is 16.7 Å². The van der Waals surface area contributed by atoms with Gasteiger partial charge in [-0.15, -0.1) is 0 Å². The van der Waals surface area contributed by atoms with Crippen molar-refractivity contribution in [2.24, 2.45) is 0 Å². The number of aliphatic carboxylic acids is 1. The number of rotatable bonds is 7. The number of hydrogen-bond acceptors (Lipinski definition) is 7. The van der Waals surface area contributed by atoms with E-state index in [1.54, 1.807) is 12.1 Å². The topological polar surface area (TPSA) is 145 Å². The van der Waals surface area contributed by atoms with Gasteiger partial charge in [0.2, 0.25) is 0 Å². The third kappa shape index (κ3) is 6.38. The van der Waals surface area contributed by atoms with Crippen LogP contribution in [0.15, 0.2) is 72.3 Å². The van der Waals surface area contributed by atoms with Gasteiger partial charge in [0, 0.05) is 18.1 Å². The lowest BCUT2D eigenvalue weighted by molar-refractivity contribution is -0.132. The number of hydrogen-bond donors (Lipinski definition) is 5. The molecule has 0 spiro atoms. The normalized spacial score (nSPS) is 11.5. The zero-order valence-corrected chi connectivity index (χ0v) is 17.2. The van der Waals surface area contributed by atoms with E-state index in [4.69, 9.17) is 4.74 Å². The molecule has 0 aliphatic carbocycles. The molecule has 0 aromatic heterocycles. The number of carboxylic acids is 1. The summed E-state index contributed by atoms with van der Waals surface area (Å²) in [6, 6.07) is 14.4. The first kappa shape index (κ1) is 23.0. The predicted molar refractivity (Wildman–Crippen MR) is 120 cm³/mol. The smallest absolute Gasteiger partial charge is 0.336 e. The van der Waals surface area contributed by atoms with Gasteiger partial charge >= 0.3 is 11.9 Å². The number of carbonyl (C=O) groups excluding carboxylic acids is 1. The van der Waals surface area contributed by atoms with E-state index in [-0.39, 0.29) is 40.7 Å².